The van der Waals surface area contributed by atoms with Gasteiger partial charge in [-0.05, 0) is 18.9 Å². The Kier molecular flexibility index (Phi) is 6.08. The van der Waals surface area contributed by atoms with Gasteiger partial charge in [0.15, 0.2) is 0 Å². The smallest absolute Gasteiger partial charge is 0.321 e. The number of carboxylic acid groups (broad SMARTS) is 2. The van der Waals surface area contributed by atoms with Gasteiger partial charge in [-0.2, -0.15) is 0 Å². The summed E-state index contributed by atoms with van der Waals surface area (Å²) in [6.07, 6.45) is -0.873. The molecule has 8 heteroatoms. The molecule has 0 heterocycles. The van der Waals surface area contributed by atoms with E-state index in [1.165, 1.54) is 0 Å². The number of aryl methyl sites for hydroxylation is 1. The molecule has 2 atom stereocenters. The fourth-order valence-electron chi connectivity index (χ4n) is 1.74. The molecule has 0 bridgehead atoms. The quantitative estimate of drug-likeness (QED) is 0.537. The van der Waals surface area contributed by atoms with Crippen LogP contribution in [0.5, 0.6) is 0 Å². The van der Waals surface area contributed by atoms with Crippen molar-refractivity contribution in [2.75, 3.05) is 0 Å². The van der Waals surface area contributed by atoms with Crippen LogP contribution in [-0.4, -0.2) is 33.1 Å². The highest BCUT2D eigenvalue weighted by molar-refractivity contribution is 7.55. The number of carboxylic acids is 2. The number of hydrogen-bond acceptors (Lipinski definition) is 3. The number of benzene rings is 1. The van der Waals surface area contributed by atoms with E-state index >= 15 is 0 Å². The third-order valence-corrected chi connectivity index (χ3v) is 4.33. The molecule has 7 nitrogen and oxygen atoms in total. The van der Waals surface area contributed by atoms with E-state index in [1.54, 1.807) is 24.3 Å². The summed E-state index contributed by atoms with van der Waals surface area (Å²) in [6.45, 7) is 1.88. The van der Waals surface area contributed by atoms with Gasteiger partial charge in [0.1, 0.15) is 6.04 Å². The Hall–Kier alpha value is -1.69. The molecular weight excluding hydrogens is 297 g/mol. The Labute approximate surface area is 122 Å². The lowest BCUT2D eigenvalue weighted by molar-refractivity contribution is -0.140. The summed E-state index contributed by atoms with van der Waals surface area (Å²) >= 11 is 0. The van der Waals surface area contributed by atoms with Crippen LogP contribution in [0.25, 0.3) is 0 Å². The Morgan fingerprint density at radius 3 is 2.29 bits per heavy atom. The molecule has 0 saturated carbocycles. The van der Waals surface area contributed by atoms with E-state index in [1.807, 2.05) is 6.92 Å². The van der Waals surface area contributed by atoms with Crippen molar-refractivity contribution < 1.29 is 29.3 Å². The first-order valence-corrected chi connectivity index (χ1v) is 8.14. The molecule has 0 fully saturated rings. The average molecular weight is 315 g/mol. The molecule has 0 amide bonds. The third-order valence-electron chi connectivity index (χ3n) is 2.82. The minimum Gasteiger partial charge on any atom is -0.481 e. The summed E-state index contributed by atoms with van der Waals surface area (Å²) in [5.41, 5.74) is 1.60. The Bertz CT molecular complexity index is 556. The van der Waals surface area contributed by atoms with Gasteiger partial charge < -0.3 is 15.1 Å². The van der Waals surface area contributed by atoms with Gasteiger partial charge in [0.2, 0.25) is 0 Å². The predicted molar refractivity (Wildman–Crippen MR) is 76.1 cm³/mol. The Balaban J connectivity index is 2.71. The maximum absolute atomic E-state index is 12.1. The zero-order chi connectivity index (χ0) is 16.0. The van der Waals surface area contributed by atoms with E-state index in [0.29, 0.717) is 5.56 Å². The van der Waals surface area contributed by atoms with Crippen LogP contribution in [0.4, 0.5) is 0 Å². The minimum atomic E-state index is -3.92. The second-order valence-corrected chi connectivity index (χ2v) is 6.78. The third kappa shape index (κ3) is 6.53. The topological polar surface area (TPSA) is 124 Å². The van der Waals surface area contributed by atoms with Gasteiger partial charge in [-0.25, -0.2) is 5.09 Å². The van der Waals surface area contributed by atoms with E-state index in [2.05, 4.69) is 5.09 Å². The van der Waals surface area contributed by atoms with Crippen molar-refractivity contribution in [1.29, 1.82) is 0 Å². The lowest BCUT2D eigenvalue weighted by Crippen LogP contribution is -2.35. The summed E-state index contributed by atoms with van der Waals surface area (Å²) in [4.78, 5) is 31.3. The average Bonchev–Trinajstić information content (AvgIpc) is 2.36. The molecule has 1 aromatic carbocycles. The Morgan fingerprint density at radius 1 is 1.24 bits per heavy atom. The van der Waals surface area contributed by atoms with Gasteiger partial charge in [0, 0.05) is 6.42 Å². The van der Waals surface area contributed by atoms with E-state index in [9.17, 15) is 19.0 Å². The van der Waals surface area contributed by atoms with E-state index < -0.39 is 31.9 Å². The van der Waals surface area contributed by atoms with Crippen molar-refractivity contribution in [2.24, 2.45) is 0 Å². The number of hydrogen-bond donors (Lipinski definition) is 4. The number of carbonyl (C=O) groups is 2. The normalized spacial score (nSPS) is 15.1. The summed E-state index contributed by atoms with van der Waals surface area (Å²) in [5, 5.41) is 19.7. The van der Waals surface area contributed by atoms with Crippen LogP contribution < -0.4 is 5.09 Å². The largest absolute Gasteiger partial charge is 0.481 e. The Morgan fingerprint density at radius 2 is 1.81 bits per heavy atom. The van der Waals surface area contributed by atoms with Crippen LogP contribution in [0.3, 0.4) is 0 Å². The van der Waals surface area contributed by atoms with Crippen LogP contribution in [0.1, 0.15) is 24.0 Å². The van der Waals surface area contributed by atoms with Crippen LogP contribution in [0, 0.1) is 6.92 Å². The van der Waals surface area contributed by atoms with E-state index in [-0.39, 0.29) is 12.6 Å². The van der Waals surface area contributed by atoms with Crippen molar-refractivity contribution in [1.82, 2.24) is 5.09 Å². The molecule has 2 unspecified atom stereocenters. The fourth-order valence-corrected chi connectivity index (χ4v) is 3.26. The molecule has 1 aromatic rings. The van der Waals surface area contributed by atoms with Gasteiger partial charge >= 0.3 is 11.9 Å². The maximum Gasteiger partial charge on any atom is 0.321 e. The van der Waals surface area contributed by atoms with Crippen molar-refractivity contribution in [3.63, 3.8) is 0 Å². The standard InChI is InChI=1S/C13H18NO6P/c1-9-2-4-10(5-3-9)8-21(19,20)14-11(13(17)18)6-7-12(15)16/h2-5,11H,6-8H2,1H3,(H,15,16)(H,17,18)(H2,14,19,20). The zero-order valence-corrected chi connectivity index (χ0v) is 12.4. The summed E-state index contributed by atoms with van der Waals surface area (Å²) < 4.78 is 12.1. The molecule has 0 aliphatic rings. The maximum atomic E-state index is 12.1. The summed E-state index contributed by atoms with van der Waals surface area (Å²) in [5.74, 6) is -2.51. The first kappa shape index (κ1) is 17.4. The van der Waals surface area contributed by atoms with E-state index in [0.717, 1.165) is 5.56 Å². The summed E-state index contributed by atoms with van der Waals surface area (Å²) in [6, 6.07) is 5.57. The SMILES string of the molecule is Cc1ccc(CP(=O)(O)NC(CCC(=O)O)C(=O)O)cc1. The lowest BCUT2D eigenvalue weighted by atomic mass is 10.2. The first-order valence-electron chi connectivity index (χ1n) is 6.29. The second kappa shape index (κ2) is 7.36. The molecule has 0 aromatic heterocycles. The van der Waals surface area contributed by atoms with Gasteiger partial charge in [-0.15, -0.1) is 0 Å². The molecule has 4 N–H and O–H groups in total. The van der Waals surface area contributed by atoms with Gasteiger partial charge in [0.05, 0.1) is 6.16 Å². The minimum absolute atomic E-state index is 0.218. The lowest BCUT2D eigenvalue weighted by Gasteiger charge is -2.19. The monoisotopic (exact) mass is 315 g/mol. The first-order chi connectivity index (χ1) is 9.69. The highest BCUT2D eigenvalue weighted by Gasteiger charge is 2.28. The molecule has 1 rings (SSSR count). The molecule has 21 heavy (non-hydrogen) atoms. The molecule has 0 radical (unpaired) electrons. The highest BCUT2D eigenvalue weighted by Crippen LogP contribution is 2.40. The zero-order valence-electron chi connectivity index (χ0n) is 11.5. The van der Waals surface area contributed by atoms with Crippen molar-refractivity contribution >= 4 is 19.5 Å². The molecule has 0 spiro atoms. The molecule has 0 aliphatic carbocycles. The molecule has 116 valence electrons. The molecule has 0 aliphatic heterocycles. The van der Waals surface area contributed by atoms with Gasteiger partial charge in [-0.3, -0.25) is 14.2 Å². The highest BCUT2D eigenvalue weighted by atomic mass is 31.2. The fraction of sp³-hybridized carbons (Fsp3) is 0.385. The summed E-state index contributed by atoms with van der Waals surface area (Å²) in [7, 11) is -3.92. The molecule has 0 saturated heterocycles. The van der Waals surface area contributed by atoms with Crippen LogP contribution in [-0.2, 0) is 20.3 Å². The van der Waals surface area contributed by atoms with Crippen LogP contribution >= 0.6 is 7.52 Å². The van der Waals surface area contributed by atoms with Crippen LogP contribution in [0.2, 0.25) is 0 Å². The predicted octanol–water partition coefficient (Wildman–Crippen LogP) is 1.59. The van der Waals surface area contributed by atoms with Crippen molar-refractivity contribution in [3.05, 3.63) is 35.4 Å². The number of aliphatic carboxylic acids is 2. The van der Waals surface area contributed by atoms with Crippen molar-refractivity contribution in [2.45, 2.75) is 32.0 Å². The van der Waals surface area contributed by atoms with Crippen molar-refractivity contribution in [3.8, 4) is 0 Å². The van der Waals surface area contributed by atoms with Crippen LogP contribution in [0.15, 0.2) is 24.3 Å². The number of rotatable bonds is 8. The number of nitrogens with one attached hydrogen (secondary N) is 1. The van der Waals surface area contributed by atoms with E-state index in [4.69, 9.17) is 10.2 Å². The van der Waals surface area contributed by atoms with Gasteiger partial charge in [0.25, 0.3) is 7.52 Å². The van der Waals surface area contributed by atoms with Gasteiger partial charge in [-0.1, -0.05) is 29.8 Å². The second-order valence-electron chi connectivity index (χ2n) is 4.80. The molecular formula is C13H18NO6P.